The molecule has 1 aromatic heterocycles. The number of hydrogen-bond acceptors (Lipinski definition) is 4. The monoisotopic (exact) mass is 276 g/mol. The van der Waals surface area contributed by atoms with Gasteiger partial charge in [0.2, 0.25) is 5.91 Å². The molecule has 98 valence electrons. The first-order valence-corrected chi connectivity index (χ1v) is 6.13. The number of carbonyl (C=O) groups excluding carboxylic acids is 1. The standard InChI is InChI=1S/C13H13ClN4O/c14-11-6-7-12(18-17-11)16-13(19)10(8-15)9-4-2-1-3-5-9/h1-7,10H,8,15H2,(H,16,18,19). The molecule has 1 amide bonds. The van der Waals surface area contributed by atoms with Gasteiger partial charge in [-0.15, -0.1) is 10.2 Å². The maximum atomic E-state index is 12.1. The Hall–Kier alpha value is -1.98. The SMILES string of the molecule is NCC(C(=O)Nc1ccc(Cl)nn1)c1ccccc1. The molecule has 0 fully saturated rings. The Kier molecular flexibility index (Phi) is 4.43. The van der Waals surface area contributed by atoms with Gasteiger partial charge in [-0.3, -0.25) is 4.79 Å². The third-order valence-electron chi connectivity index (χ3n) is 2.64. The first-order chi connectivity index (χ1) is 9.20. The highest BCUT2D eigenvalue weighted by molar-refractivity contribution is 6.29. The van der Waals surface area contributed by atoms with Crippen LogP contribution in [0.4, 0.5) is 5.82 Å². The van der Waals surface area contributed by atoms with Crippen LogP contribution in [0.5, 0.6) is 0 Å². The lowest BCUT2D eigenvalue weighted by Crippen LogP contribution is -2.27. The number of hydrogen-bond donors (Lipinski definition) is 2. The van der Waals surface area contributed by atoms with E-state index in [-0.39, 0.29) is 17.6 Å². The van der Waals surface area contributed by atoms with Gasteiger partial charge in [0.05, 0.1) is 5.92 Å². The van der Waals surface area contributed by atoms with Crippen LogP contribution in [0.25, 0.3) is 0 Å². The van der Waals surface area contributed by atoms with E-state index in [1.54, 1.807) is 12.1 Å². The topological polar surface area (TPSA) is 80.9 Å². The first-order valence-electron chi connectivity index (χ1n) is 5.76. The number of nitrogens with two attached hydrogens (primary N) is 1. The van der Waals surface area contributed by atoms with E-state index in [0.29, 0.717) is 5.82 Å². The van der Waals surface area contributed by atoms with Crippen LogP contribution in [-0.2, 0) is 4.79 Å². The third kappa shape index (κ3) is 3.49. The number of nitrogens with one attached hydrogen (secondary N) is 1. The quantitative estimate of drug-likeness (QED) is 0.892. The zero-order valence-electron chi connectivity index (χ0n) is 10.1. The van der Waals surface area contributed by atoms with Crippen molar-refractivity contribution in [3.63, 3.8) is 0 Å². The van der Waals surface area contributed by atoms with Crippen LogP contribution in [0.3, 0.4) is 0 Å². The molecule has 0 bridgehead atoms. The van der Waals surface area contributed by atoms with Crippen LogP contribution in [0, 0.1) is 0 Å². The van der Waals surface area contributed by atoms with Gasteiger partial charge in [-0.1, -0.05) is 41.9 Å². The number of aromatic nitrogens is 2. The lowest BCUT2D eigenvalue weighted by Gasteiger charge is -2.14. The summed E-state index contributed by atoms with van der Waals surface area (Å²) < 4.78 is 0. The fourth-order valence-electron chi connectivity index (χ4n) is 1.68. The molecule has 19 heavy (non-hydrogen) atoms. The van der Waals surface area contributed by atoms with Crippen LogP contribution in [0.2, 0.25) is 5.15 Å². The van der Waals surface area contributed by atoms with E-state index in [9.17, 15) is 4.79 Å². The van der Waals surface area contributed by atoms with Crippen molar-refractivity contribution in [1.82, 2.24) is 10.2 Å². The molecule has 0 aliphatic carbocycles. The lowest BCUT2D eigenvalue weighted by atomic mass is 9.98. The minimum absolute atomic E-state index is 0.217. The molecule has 2 aromatic rings. The summed E-state index contributed by atoms with van der Waals surface area (Å²) in [6.45, 7) is 0.219. The third-order valence-corrected chi connectivity index (χ3v) is 2.84. The summed E-state index contributed by atoms with van der Waals surface area (Å²) in [7, 11) is 0. The molecule has 1 aromatic carbocycles. The summed E-state index contributed by atoms with van der Waals surface area (Å²) in [5.41, 5.74) is 6.53. The highest BCUT2D eigenvalue weighted by atomic mass is 35.5. The van der Waals surface area contributed by atoms with Crippen LogP contribution >= 0.6 is 11.6 Å². The summed E-state index contributed by atoms with van der Waals surface area (Å²) in [5, 5.41) is 10.4. The highest BCUT2D eigenvalue weighted by Gasteiger charge is 2.19. The Bertz CT molecular complexity index is 544. The Morgan fingerprint density at radius 1 is 1.21 bits per heavy atom. The highest BCUT2D eigenvalue weighted by Crippen LogP contribution is 2.16. The van der Waals surface area contributed by atoms with Crippen molar-refractivity contribution < 1.29 is 4.79 Å². The maximum absolute atomic E-state index is 12.1. The molecule has 0 aliphatic heterocycles. The normalized spacial score (nSPS) is 11.9. The molecule has 5 nitrogen and oxygen atoms in total. The average Bonchev–Trinajstić information content (AvgIpc) is 2.43. The zero-order valence-corrected chi connectivity index (χ0v) is 10.8. The van der Waals surface area contributed by atoms with Gasteiger partial charge < -0.3 is 11.1 Å². The van der Waals surface area contributed by atoms with Crippen LogP contribution < -0.4 is 11.1 Å². The van der Waals surface area contributed by atoms with Crippen molar-refractivity contribution in [2.24, 2.45) is 5.73 Å². The number of carbonyl (C=O) groups is 1. The number of amides is 1. The Morgan fingerprint density at radius 2 is 1.95 bits per heavy atom. The van der Waals surface area contributed by atoms with Crippen molar-refractivity contribution in [2.75, 3.05) is 11.9 Å². The molecule has 0 aliphatic rings. The predicted octanol–water partition coefficient (Wildman–Crippen LogP) is 1.81. The van der Waals surface area contributed by atoms with E-state index in [1.165, 1.54) is 0 Å². The van der Waals surface area contributed by atoms with E-state index >= 15 is 0 Å². The van der Waals surface area contributed by atoms with Crippen molar-refractivity contribution in [1.29, 1.82) is 0 Å². The summed E-state index contributed by atoms with van der Waals surface area (Å²) in [6, 6.07) is 12.5. The first kappa shape index (κ1) is 13.5. The molecule has 2 rings (SSSR count). The molecular formula is C13H13ClN4O. The molecule has 3 N–H and O–H groups in total. The molecule has 1 atom stereocenters. The second-order valence-corrected chi connectivity index (χ2v) is 4.32. The van der Waals surface area contributed by atoms with Gasteiger partial charge in [0.1, 0.15) is 0 Å². The number of benzene rings is 1. The van der Waals surface area contributed by atoms with E-state index in [1.807, 2.05) is 30.3 Å². The number of nitrogens with zero attached hydrogens (tertiary/aromatic N) is 2. The molecule has 6 heteroatoms. The van der Waals surface area contributed by atoms with Crippen molar-refractivity contribution in [3.8, 4) is 0 Å². The van der Waals surface area contributed by atoms with E-state index in [4.69, 9.17) is 17.3 Å². The molecule has 0 saturated heterocycles. The summed E-state index contributed by atoms with van der Waals surface area (Å²) in [4.78, 5) is 12.1. The molecular weight excluding hydrogens is 264 g/mol. The zero-order chi connectivity index (χ0) is 13.7. The van der Waals surface area contributed by atoms with Crippen molar-refractivity contribution >= 4 is 23.3 Å². The summed E-state index contributed by atoms with van der Waals surface area (Å²) in [5.74, 6) is -0.284. The van der Waals surface area contributed by atoms with Gasteiger partial charge in [0.15, 0.2) is 11.0 Å². The van der Waals surface area contributed by atoms with E-state index < -0.39 is 5.92 Å². The molecule has 0 spiro atoms. The van der Waals surface area contributed by atoms with Crippen LogP contribution in [0.1, 0.15) is 11.5 Å². The van der Waals surface area contributed by atoms with E-state index in [2.05, 4.69) is 15.5 Å². The van der Waals surface area contributed by atoms with Gasteiger partial charge in [-0.05, 0) is 17.7 Å². The van der Waals surface area contributed by atoms with E-state index in [0.717, 1.165) is 5.56 Å². The molecule has 0 radical (unpaired) electrons. The van der Waals surface area contributed by atoms with Gasteiger partial charge in [-0.25, -0.2) is 0 Å². The molecule has 1 heterocycles. The van der Waals surface area contributed by atoms with Crippen LogP contribution in [0.15, 0.2) is 42.5 Å². The fourth-order valence-corrected chi connectivity index (χ4v) is 1.78. The average molecular weight is 277 g/mol. The maximum Gasteiger partial charge on any atom is 0.234 e. The Labute approximate surface area is 115 Å². The molecule has 0 saturated carbocycles. The molecule has 1 unspecified atom stereocenters. The van der Waals surface area contributed by atoms with Gasteiger partial charge in [0.25, 0.3) is 0 Å². The largest absolute Gasteiger partial charge is 0.329 e. The summed E-state index contributed by atoms with van der Waals surface area (Å²) in [6.07, 6.45) is 0. The van der Waals surface area contributed by atoms with Gasteiger partial charge in [-0.2, -0.15) is 0 Å². The summed E-state index contributed by atoms with van der Waals surface area (Å²) >= 11 is 5.63. The number of rotatable bonds is 4. The Balaban J connectivity index is 2.11. The second-order valence-electron chi connectivity index (χ2n) is 3.93. The lowest BCUT2D eigenvalue weighted by molar-refractivity contribution is -0.117. The second kappa shape index (κ2) is 6.26. The minimum atomic E-state index is -0.418. The smallest absolute Gasteiger partial charge is 0.234 e. The van der Waals surface area contributed by atoms with Crippen molar-refractivity contribution in [3.05, 3.63) is 53.2 Å². The van der Waals surface area contributed by atoms with Gasteiger partial charge >= 0.3 is 0 Å². The Morgan fingerprint density at radius 3 is 2.53 bits per heavy atom. The van der Waals surface area contributed by atoms with Gasteiger partial charge in [0, 0.05) is 6.54 Å². The predicted molar refractivity (Wildman–Crippen MR) is 73.9 cm³/mol. The van der Waals surface area contributed by atoms with Crippen LogP contribution in [-0.4, -0.2) is 22.6 Å². The van der Waals surface area contributed by atoms with Crippen molar-refractivity contribution in [2.45, 2.75) is 5.92 Å². The number of anilines is 1. The fraction of sp³-hybridized carbons (Fsp3) is 0.154. The number of halogens is 1. The minimum Gasteiger partial charge on any atom is -0.329 e.